The number of fused-ring (bicyclic) bond motifs is 2. The molecule has 0 unspecified atom stereocenters. The van der Waals surface area contributed by atoms with Gasteiger partial charge in [0.2, 0.25) is 0 Å². The standard InChI is InChI=1S/C20H30FNO2/c1-19(2)15-8-9-20(19,3)18(10-15)22-11-16(23)13-24-12-14-6-4-5-7-17(14)21/h4-7,15-16,18,22-23H,8-13H2,1-3H3/t15-,16-,18-,20+/m0/s1. The first kappa shape index (κ1) is 17.8. The highest BCUT2D eigenvalue weighted by atomic mass is 19.1. The van der Waals surface area contributed by atoms with Crippen molar-refractivity contribution in [1.29, 1.82) is 0 Å². The second-order valence-electron chi connectivity index (χ2n) is 8.33. The summed E-state index contributed by atoms with van der Waals surface area (Å²) in [5.41, 5.74) is 1.21. The molecule has 4 heteroatoms. The fourth-order valence-electron chi connectivity index (χ4n) is 4.77. The molecular weight excluding hydrogens is 305 g/mol. The summed E-state index contributed by atoms with van der Waals surface area (Å²) in [5, 5.41) is 13.7. The first-order chi connectivity index (χ1) is 11.3. The minimum atomic E-state index is -0.567. The molecule has 0 spiro atoms. The highest BCUT2D eigenvalue weighted by Gasteiger charge is 2.60. The molecular formula is C20H30FNO2. The Morgan fingerprint density at radius 3 is 2.71 bits per heavy atom. The summed E-state index contributed by atoms with van der Waals surface area (Å²) in [6.07, 6.45) is 3.23. The topological polar surface area (TPSA) is 41.5 Å². The number of rotatable bonds is 7. The van der Waals surface area contributed by atoms with Gasteiger partial charge in [0.25, 0.3) is 0 Å². The molecule has 3 nitrogen and oxygen atoms in total. The van der Waals surface area contributed by atoms with Crippen LogP contribution in [0, 0.1) is 22.6 Å². The monoisotopic (exact) mass is 335 g/mol. The van der Waals surface area contributed by atoms with E-state index in [4.69, 9.17) is 4.74 Å². The van der Waals surface area contributed by atoms with Crippen LogP contribution in [0.1, 0.15) is 45.6 Å². The maximum absolute atomic E-state index is 13.5. The van der Waals surface area contributed by atoms with Crippen molar-refractivity contribution in [2.75, 3.05) is 13.2 Å². The van der Waals surface area contributed by atoms with E-state index in [1.165, 1.54) is 25.3 Å². The normalized spacial score (nSPS) is 32.2. The average molecular weight is 335 g/mol. The third kappa shape index (κ3) is 3.12. The van der Waals surface area contributed by atoms with Crippen LogP contribution in [0.25, 0.3) is 0 Å². The van der Waals surface area contributed by atoms with E-state index in [-0.39, 0.29) is 19.0 Å². The van der Waals surface area contributed by atoms with Gasteiger partial charge in [0.05, 0.1) is 19.3 Å². The van der Waals surface area contributed by atoms with Gasteiger partial charge in [-0.25, -0.2) is 4.39 Å². The van der Waals surface area contributed by atoms with Crippen molar-refractivity contribution < 1.29 is 14.2 Å². The second kappa shape index (κ2) is 6.74. The Morgan fingerprint density at radius 1 is 1.33 bits per heavy atom. The van der Waals surface area contributed by atoms with E-state index in [0.29, 0.717) is 29.0 Å². The summed E-state index contributed by atoms with van der Waals surface area (Å²) in [5.74, 6) is 0.525. The van der Waals surface area contributed by atoms with E-state index in [9.17, 15) is 9.50 Å². The van der Waals surface area contributed by atoms with Crippen LogP contribution in [0.4, 0.5) is 4.39 Å². The van der Waals surface area contributed by atoms with Crippen molar-refractivity contribution in [3.05, 3.63) is 35.6 Å². The predicted octanol–water partition coefficient (Wildman–Crippen LogP) is 3.51. The van der Waals surface area contributed by atoms with E-state index >= 15 is 0 Å². The van der Waals surface area contributed by atoms with Crippen molar-refractivity contribution in [3.8, 4) is 0 Å². The van der Waals surface area contributed by atoms with Gasteiger partial charge in [0, 0.05) is 18.2 Å². The number of aliphatic hydroxyl groups is 1. The number of hydrogen-bond acceptors (Lipinski definition) is 3. The van der Waals surface area contributed by atoms with Crippen LogP contribution in [-0.2, 0) is 11.3 Å². The summed E-state index contributed by atoms with van der Waals surface area (Å²) in [7, 11) is 0. The first-order valence-corrected chi connectivity index (χ1v) is 9.07. The summed E-state index contributed by atoms with van der Waals surface area (Å²) >= 11 is 0. The highest BCUT2D eigenvalue weighted by molar-refractivity contribution is 5.16. The lowest BCUT2D eigenvalue weighted by molar-refractivity contribution is 0.0223. The van der Waals surface area contributed by atoms with E-state index in [2.05, 4.69) is 26.1 Å². The van der Waals surface area contributed by atoms with E-state index in [1.54, 1.807) is 18.2 Å². The summed E-state index contributed by atoms with van der Waals surface area (Å²) in [6.45, 7) is 8.11. The molecule has 24 heavy (non-hydrogen) atoms. The van der Waals surface area contributed by atoms with Crippen LogP contribution in [0.5, 0.6) is 0 Å². The SMILES string of the molecule is CC1(C)[C@H]2CC[C@]1(C)[C@@H](NC[C@H](O)COCc1ccccc1F)C2. The zero-order chi connectivity index (χ0) is 17.4. The summed E-state index contributed by atoms with van der Waals surface area (Å²) in [6, 6.07) is 7.05. The molecule has 1 aromatic carbocycles. The Morgan fingerprint density at radius 2 is 2.08 bits per heavy atom. The van der Waals surface area contributed by atoms with Gasteiger partial charge in [-0.15, -0.1) is 0 Å². The van der Waals surface area contributed by atoms with Crippen molar-refractivity contribution in [3.63, 3.8) is 0 Å². The minimum Gasteiger partial charge on any atom is -0.389 e. The van der Waals surface area contributed by atoms with Crippen LogP contribution in [0.3, 0.4) is 0 Å². The molecule has 0 heterocycles. The maximum Gasteiger partial charge on any atom is 0.128 e. The van der Waals surface area contributed by atoms with E-state index in [1.807, 2.05) is 0 Å². The molecule has 1 aromatic rings. The highest BCUT2D eigenvalue weighted by Crippen LogP contribution is 2.65. The third-order valence-corrected chi connectivity index (χ3v) is 6.92. The molecule has 0 radical (unpaired) electrons. The molecule has 0 saturated heterocycles. The van der Waals surface area contributed by atoms with Crippen molar-refractivity contribution in [2.45, 2.75) is 58.8 Å². The van der Waals surface area contributed by atoms with Crippen LogP contribution < -0.4 is 5.32 Å². The lowest BCUT2D eigenvalue weighted by Gasteiger charge is -2.40. The van der Waals surface area contributed by atoms with Gasteiger partial charge in [0.15, 0.2) is 0 Å². The average Bonchev–Trinajstić information content (AvgIpc) is 2.88. The van der Waals surface area contributed by atoms with E-state index < -0.39 is 6.10 Å². The number of ether oxygens (including phenoxy) is 1. The summed E-state index contributed by atoms with van der Waals surface area (Å²) < 4.78 is 19.0. The van der Waals surface area contributed by atoms with Gasteiger partial charge in [-0.2, -0.15) is 0 Å². The van der Waals surface area contributed by atoms with Crippen LogP contribution >= 0.6 is 0 Å². The smallest absolute Gasteiger partial charge is 0.128 e. The summed E-state index contributed by atoms with van der Waals surface area (Å²) in [4.78, 5) is 0. The van der Waals surface area contributed by atoms with Crippen molar-refractivity contribution >= 4 is 0 Å². The van der Waals surface area contributed by atoms with Gasteiger partial charge in [-0.05, 0) is 42.1 Å². The van der Waals surface area contributed by atoms with Gasteiger partial charge in [-0.3, -0.25) is 0 Å². The number of aliphatic hydroxyl groups excluding tert-OH is 1. The quantitative estimate of drug-likeness (QED) is 0.801. The van der Waals surface area contributed by atoms with E-state index in [0.717, 1.165) is 5.92 Å². The number of halogens is 1. The number of nitrogens with one attached hydrogen (secondary N) is 1. The van der Waals surface area contributed by atoms with Crippen molar-refractivity contribution in [1.82, 2.24) is 5.32 Å². The molecule has 3 rings (SSSR count). The fourth-order valence-corrected chi connectivity index (χ4v) is 4.77. The van der Waals surface area contributed by atoms with Gasteiger partial charge < -0.3 is 15.2 Å². The zero-order valence-corrected chi connectivity index (χ0v) is 15.0. The van der Waals surface area contributed by atoms with Gasteiger partial charge in [-0.1, -0.05) is 39.0 Å². The molecule has 0 aromatic heterocycles. The molecule has 0 amide bonds. The third-order valence-electron chi connectivity index (χ3n) is 6.92. The molecule has 2 aliphatic carbocycles. The fraction of sp³-hybridized carbons (Fsp3) is 0.700. The van der Waals surface area contributed by atoms with Gasteiger partial charge >= 0.3 is 0 Å². The molecule has 0 aliphatic heterocycles. The molecule has 2 fully saturated rings. The predicted molar refractivity (Wildman–Crippen MR) is 93.1 cm³/mol. The maximum atomic E-state index is 13.5. The van der Waals surface area contributed by atoms with Crippen LogP contribution in [0.2, 0.25) is 0 Å². The number of benzene rings is 1. The zero-order valence-electron chi connectivity index (χ0n) is 15.0. The molecule has 2 aliphatic rings. The van der Waals surface area contributed by atoms with Gasteiger partial charge in [0.1, 0.15) is 5.82 Å². The Bertz CT molecular complexity index is 577. The number of hydrogen-bond donors (Lipinski definition) is 2. The Kier molecular flexibility index (Phi) is 5.01. The molecule has 134 valence electrons. The first-order valence-electron chi connectivity index (χ1n) is 9.07. The van der Waals surface area contributed by atoms with Crippen molar-refractivity contribution in [2.24, 2.45) is 16.7 Å². The Labute approximate surface area is 144 Å². The van der Waals surface area contributed by atoms with Crippen LogP contribution in [0.15, 0.2) is 24.3 Å². The molecule has 2 N–H and O–H groups in total. The largest absolute Gasteiger partial charge is 0.389 e. The van der Waals surface area contributed by atoms with Crippen LogP contribution in [-0.4, -0.2) is 30.4 Å². The Balaban J connectivity index is 1.42. The molecule has 2 bridgehead atoms. The molecule has 2 saturated carbocycles. The molecule has 4 atom stereocenters. The minimum absolute atomic E-state index is 0.194. The lowest BCUT2D eigenvalue weighted by atomic mass is 9.69. The second-order valence-corrected chi connectivity index (χ2v) is 8.33. The lowest BCUT2D eigenvalue weighted by Crippen LogP contribution is -2.47. The Hall–Kier alpha value is -0.970.